The number of likely N-dealkylation sites (tertiary alicyclic amines) is 1. The van der Waals surface area contributed by atoms with Crippen molar-refractivity contribution in [2.45, 2.75) is 30.4 Å². The number of aliphatic hydroxyl groups excluding tert-OH is 1. The van der Waals surface area contributed by atoms with Gasteiger partial charge in [0.25, 0.3) is 0 Å². The summed E-state index contributed by atoms with van der Waals surface area (Å²) in [5, 5.41) is 9.99. The Morgan fingerprint density at radius 1 is 1.38 bits per heavy atom. The minimum atomic E-state index is -2.53. The fourth-order valence-corrected chi connectivity index (χ4v) is 3.73. The van der Waals surface area contributed by atoms with Crippen molar-refractivity contribution in [3.63, 3.8) is 0 Å². The van der Waals surface area contributed by atoms with Gasteiger partial charge in [0.1, 0.15) is 0 Å². The number of hydrogen-bond donors (Lipinski definition) is 1. The Morgan fingerprint density at radius 2 is 2.24 bits per heavy atom. The Labute approximate surface area is 130 Å². The first kappa shape index (κ1) is 11.1. The molecule has 3 atom stereocenters. The standard InChI is InChI=1S/C17H23NO3/c1-18-9-8-17(7-6-13(19)11-16(17)18)12-4-5-14(20-2)15(10-12)21-3/h4-7,10,13,16,19H,8-9,11H2,1-3H3/t13-,16+,17+/m1/s1/i3D3. The molecule has 2 aliphatic rings. The van der Waals surface area contributed by atoms with Crippen LogP contribution in [-0.2, 0) is 5.41 Å². The van der Waals surface area contributed by atoms with Gasteiger partial charge in [-0.05, 0) is 44.1 Å². The van der Waals surface area contributed by atoms with Crippen LogP contribution >= 0.6 is 0 Å². The van der Waals surface area contributed by atoms with E-state index in [0.717, 1.165) is 18.5 Å². The predicted molar refractivity (Wildman–Crippen MR) is 82.0 cm³/mol. The average molecular weight is 292 g/mol. The van der Waals surface area contributed by atoms with Gasteiger partial charge in [-0.15, -0.1) is 0 Å². The highest BCUT2D eigenvalue weighted by Gasteiger charge is 2.48. The first-order valence-electron chi connectivity index (χ1n) is 8.70. The van der Waals surface area contributed by atoms with E-state index >= 15 is 0 Å². The topological polar surface area (TPSA) is 41.9 Å². The molecule has 0 aromatic heterocycles. The van der Waals surface area contributed by atoms with Crippen LogP contribution in [0.3, 0.4) is 0 Å². The van der Waals surface area contributed by atoms with E-state index in [1.54, 1.807) is 12.1 Å². The third-order valence-corrected chi connectivity index (χ3v) is 4.90. The Hall–Kier alpha value is -1.52. The van der Waals surface area contributed by atoms with Gasteiger partial charge in [-0.1, -0.05) is 18.2 Å². The van der Waals surface area contributed by atoms with Crippen molar-refractivity contribution in [3.05, 3.63) is 35.9 Å². The van der Waals surface area contributed by atoms with Crippen molar-refractivity contribution in [3.8, 4) is 11.5 Å². The minimum Gasteiger partial charge on any atom is -0.493 e. The summed E-state index contributed by atoms with van der Waals surface area (Å²) in [6, 6.07) is 5.64. The molecule has 0 spiro atoms. The van der Waals surface area contributed by atoms with Gasteiger partial charge >= 0.3 is 0 Å². The van der Waals surface area contributed by atoms with E-state index in [2.05, 4.69) is 18.0 Å². The molecule has 1 fully saturated rings. The number of ether oxygens (including phenoxy) is 2. The van der Waals surface area contributed by atoms with Crippen molar-refractivity contribution < 1.29 is 18.7 Å². The van der Waals surface area contributed by atoms with E-state index in [4.69, 9.17) is 13.6 Å². The molecule has 4 nitrogen and oxygen atoms in total. The molecule has 1 aliphatic heterocycles. The largest absolute Gasteiger partial charge is 0.493 e. The first-order chi connectivity index (χ1) is 11.2. The lowest BCUT2D eigenvalue weighted by Crippen LogP contribution is -2.44. The van der Waals surface area contributed by atoms with Crippen LogP contribution in [0.15, 0.2) is 30.4 Å². The van der Waals surface area contributed by atoms with Crippen LogP contribution in [-0.4, -0.2) is 49.9 Å². The molecule has 1 aliphatic carbocycles. The summed E-state index contributed by atoms with van der Waals surface area (Å²) in [6.45, 7) is 0.920. The highest BCUT2D eigenvalue weighted by Crippen LogP contribution is 2.46. The Morgan fingerprint density at radius 3 is 3.00 bits per heavy atom. The molecule has 4 heteroatoms. The van der Waals surface area contributed by atoms with Gasteiger partial charge < -0.3 is 19.5 Å². The second kappa shape index (κ2) is 5.35. The lowest BCUT2D eigenvalue weighted by atomic mass is 9.69. The fourth-order valence-electron chi connectivity index (χ4n) is 3.73. The molecule has 0 bridgehead atoms. The summed E-state index contributed by atoms with van der Waals surface area (Å²) < 4.78 is 32.5. The normalized spacial score (nSPS) is 34.7. The van der Waals surface area contributed by atoms with Crippen molar-refractivity contribution in [1.82, 2.24) is 4.90 Å². The summed E-state index contributed by atoms with van der Waals surface area (Å²) in [6.07, 6.45) is 5.03. The molecule has 1 saturated heterocycles. The minimum absolute atomic E-state index is 0.173. The molecule has 1 aromatic rings. The fraction of sp³-hybridized carbons (Fsp3) is 0.529. The number of methoxy groups -OCH3 is 2. The summed E-state index contributed by atoms with van der Waals surface area (Å²) in [4.78, 5) is 2.25. The molecule has 1 heterocycles. The monoisotopic (exact) mass is 292 g/mol. The van der Waals surface area contributed by atoms with Crippen molar-refractivity contribution in [2.24, 2.45) is 0 Å². The molecule has 1 N–H and O–H groups in total. The molecule has 0 radical (unpaired) electrons. The van der Waals surface area contributed by atoms with E-state index in [1.807, 2.05) is 12.1 Å². The predicted octanol–water partition coefficient (Wildman–Crippen LogP) is 1.97. The maximum absolute atomic E-state index is 9.99. The Balaban J connectivity index is 2.05. The molecular weight excluding hydrogens is 266 g/mol. The average Bonchev–Trinajstić information content (AvgIpc) is 2.84. The van der Waals surface area contributed by atoms with Crippen LogP contribution < -0.4 is 9.47 Å². The van der Waals surface area contributed by atoms with Gasteiger partial charge in [0, 0.05) is 11.5 Å². The maximum Gasteiger partial charge on any atom is 0.161 e. The van der Waals surface area contributed by atoms with Crippen LogP contribution in [0.1, 0.15) is 22.5 Å². The van der Waals surface area contributed by atoms with Gasteiger partial charge in [0.05, 0.1) is 24.4 Å². The molecule has 0 saturated carbocycles. The summed E-state index contributed by atoms with van der Waals surface area (Å²) >= 11 is 0. The van der Waals surface area contributed by atoms with E-state index < -0.39 is 13.1 Å². The molecule has 0 amide bonds. The molecule has 114 valence electrons. The van der Waals surface area contributed by atoms with Crippen LogP contribution in [0.4, 0.5) is 0 Å². The third-order valence-electron chi connectivity index (χ3n) is 4.90. The van der Waals surface area contributed by atoms with Crippen molar-refractivity contribution in [2.75, 3.05) is 27.7 Å². The van der Waals surface area contributed by atoms with Crippen LogP contribution in [0, 0.1) is 0 Å². The smallest absolute Gasteiger partial charge is 0.161 e. The number of nitrogens with zero attached hydrogens (tertiary/aromatic N) is 1. The SMILES string of the molecule is [2H]C([2H])([2H])Oc1cc([C@@]23C=C[C@@H](O)C[C@@H]2N(C)CC3)ccc1OC. The van der Waals surface area contributed by atoms with Gasteiger partial charge in [-0.25, -0.2) is 0 Å². The quantitative estimate of drug-likeness (QED) is 0.865. The second-order valence-corrected chi connectivity index (χ2v) is 5.92. The van der Waals surface area contributed by atoms with Gasteiger partial charge in [0.15, 0.2) is 11.5 Å². The molecule has 0 unspecified atom stereocenters. The lowest BCUT2D eigenvalue weighted by molar-refractivity contribution is 0.137. The third kappa shape index (κ3) is 2.23. The maximum atomic E-state index is 9.99. The van der Waals surface area contributed by atoms with Crippen LogP contribution in [0.5, 0.6) is 11.5 Å². The van der Waals surface area contributed by atoms with Gasteiger partial charge in [-0.2, -0.15) is 0 Å². The Kier molecular flexibility index (Phi) is 2.83. The number of hydrogen-bond acceptors (Lipinski definition) is 4. The van der Waals surface area contributed by atoms with E-state index in [1.165, 1.54) is 7.11 Å². The lowest BCUT2D eigenvalue weighted by Gasteiger charge is -2.39. The summed E-state index contributed by atoms with van der Waals surface area (Å²) in [5.41, 5.74) is 0.743. The number of fused-ring (bicyclic) bond motifs is 1. The Bertz CT molecular complexity index is 646. The molecule has 3 rings (SSSR count). The summed E-state index contributed by atoms with van der Waals surface area (Å²) in [7, 11) is 1.01. The van der Waals surface area contributed by atoms with Gasteiger partial charge in [0.2, 0.25) is 0 Å². The number of benzene rings is 1. The van der Waals surface area contributed by atoms with E-state index in [0.29, 0.717) is 12.2 Å². The van der Waals surface area contributed by atoms with Gasteiger partial charge in [-0.3, -0.25) is 0 Å². The highest BCUT2D eigenvalue weighted by molar-refractivity contribution is 5.48. The van der Waals surface area contributed by atoms with E-state index in [9.17, 15) is 5.11 Å². The zero-order valence-electron chi connectivity index (χ0n) is 15.4. The van der Waals surface area contributed by atoms with Crippen molar-refractivity contribution >= 4 is 0 Å². The molecule has 21 heavy (non-hydrogen) atoms. The zero-order valence-corrected chi connectivity index (χ0v) is 12.4. The molecule has 1 aromatic carbocycles. The number of rotatable bonds is 3. The van der Waals surface area contributed by atoms with Crippen LogP contribution in [0.25, 0.3) is 0 Å². The summed E-state index contributed by atoms with van der Waals surface area (Å²) in [5.74, 6) is 0.617. The second-order valence-electron chi connectivity index (χ2n) is 5.92. The zero-order chi connectivity index (χ0) is 17.5. The molecular formula is C17H23NO3. The number of likely N-dealkylation sites (N-methyl/N-ethyl adjacent to an activating group) is 1. The number of aliphatic hydroxyl groups is 1. The highest BCUT2D eigenvalue weighted by atomic mass is 16.5. The van der Waals surface area contributed by atoms with Crippen molar-refractivity contribution in [1.29, 1.82) is 0 Å². The van der Waals surface area contributed by atoms with Crippen LogP contribution in [0.2, 0.25) is 0 Å². The van der Waals surface area contributed by atoms with E-state index in [-0.39, 0.29) is 17.2 Å². The first-order valence-corrected chi connectivity index (χ1v) is 7.20.